The maximum atomic E-state index is 8.65. The second-order valence-electron chi connectivity index (χ2n) is 3.00. The molecule has 0 spiro atoms. The monoisotopic (exact) mass is 230 g/mol. The Morgan fingerprint density at radius 3 is 2.00 bits per heavy atom. The van der Waals surface area contributed by atoms with Crippen LogP contribution in [0, 0.1) is 0 Å². The molecule has 0 amide bonds. The molecule has 0 aliphatic carbocycles. The van der Waals surface area contributed by atoms with Gasteiger partial charge in [0.2, 0.25) is 0 Å². The van der Waals surface area contributed by atoms with E-state index in [0.717, 1.165) is 10.9 Å². The molecule has 0 saturated heterocycles. The molecule has 0 fully saturated rings. The predicted molar refractivity (Wildman–Crippen MR) is 70.4 cm³/mol. The molecule has 0 aliphatic heterocycles. The molecule has 0 saturated carbocycles. The van der Waals surface area contributed by atoms with Crippen LogP contribution >= 0.6 is 9.24 Å². The van der Waals surface area contributed by atoms with E-state index in [1.165, 1.54) is 0 Å². The number of aliphatic hydroxyl groups excluding tert-OH is 2. The van der Waals surface area contributed by atoms with Gasteiger partial charge in [0.1, 0.15) is 0 Å². The van der Waals surface area contributed by atoms with Crippen LogP contribution in [0.3, 0.4) is 0 Å². The SMILES string of the molecule is CC.CC(C)O.OCc1cccc(P)c1. The Kier molecular flexibility index (Phi) is 13.2. The minimum atomic E-state index is -0.167. The summed E-state index contributed by atoms with van der Waals surface area (Å²) in [6, 6.07) is 7.73. The zero-order chi connectivity index (χ0) is 12.3. The van der Waals surface area contributed by atoms with Crippen LogP contribution in [0.15, 0.2) is 24.3 Å². The lowest BCUT2D eigenvalue weighted by molar-refractivity contribution is 0.216. The van der Waals surface area contributed by atoms with Gasteiger partial charge in [0.15, 0.2) is 0 Å². The second kappa shape index (κ2) is 11.6. The van der Waals surface area contributed by atoms with Gasteiger partial charge in [-0.2, -0.15) is 0 Å². The van der Waals surface area contributed by atoms with Crippen molar-refractivity contribution in [3.8, 4) is 0 Å². The Balaban J connectivity index is 0. The summed E-state index contributed by atoms with van der Waals surface area (Å²) in [5, 5.41) is 17.8. The van der Waals surface area contributed by atoms with E-state index in [0.29, 0.717) is 0 Å². The molecule has 0 bridgehead atoms. The summed E-state index contributed by atoms with van der Waals surface area (Å²) < 4.78 is 0. The van der Waals surface area contributed by atoms with Gasteiger partial charge in [0.05, 0.1) is 6.61 Å². The highest BCUT2D eigenvalue weighted by atomic mass is 31.0. The molecular weight excluding hydrogens is 207 g/mol. The molecule has 0 aromatic heterocycles. The van der Waals surface area contributed by atoms with Crippen LogP contribution in [0.25, 0.3) is 0 Å². The van der Waals surface area contributed by atoms with Gasteiger partial charge < -0.3 is 10.2 Å². The molecule has 1 rings (SSSR count). The third kappa shape index (κ3) is 13.6. The summed E-state index contributed by atoms with van der Waals surface area (Å²) in [5.74, 6) is 0. The molecule has 1 unspecified atom stereocenters. The highest BCUT2D eigenvalue weighted by Gasteiger charge is 1.86. The van der Waals surface area contributed by atoms with E-state index in [1.807, 2.05) is 38.1 Å². The van der Waals surface area contributed by atoms with Crippen LogP contribution in [0.5, 0.6) is 0 Å². The third-order valence-electron chi connectivity index (χ3n) is 1.13. The molecule has 88 valence electrons. The fourth-order valence-electron chi connectivity index (χ4n) is 0.691. The zero-order valence-corrected chi connectivity index (χ0v) is 11.2. The first-order valence-corrected chi connectivity index (χ1v) is 5.77. The topological polar surface area (TPSA) is 40.5 Å². The van der Waals surface area contributed by atoms with Gasteiger partial charge in [-0.25, -0.2) is 0 Å². The highest BCUT2D eigenvalue weighted by molar-refractivity contribution is 7.27. The summed E-state index contributed by atoms with van der Waals surface area (Å²) in [6.45, 7) is 7.57. The molecule has 1 aromatic carbocycles. The normalized spacial score (nSPS) is 8.53. The number of hydrogen-bond acceptors (Lipinski definition) is 2. The summed E-state index contributed by atoms with van der Waals surface area (Å²) in [5.41, 5.74) is 0.961. The van der Waals surface area contributed by atoms with E-state index in [2.05, 4.69) is 9.24 Å². The van der Waals surface area contributed by atoms with Crippen molar-refractivity contribution in [3.63, 3.8) is 0 Å². The third-order valence-corrected chi connectivity index (χ3v) is 1.49. The van der Waals surface area contributed by atoms with Crippen LogP contribution in [-0.2, 0) is 6.61 Å². The van der Waals surface area contributed by atoms with Gasteiger partial charge in [-0.05, 0) is 30.8 Å². The Morgan fingerprint density at radius 2 is 1.73 bits per heavy atom. The van der Waals surface area contributed by atoms with E-state index in [4.69, 9.17) is 10.2 Å². The predicted octanol–water partition coefficient (Wildman–Crippen LogP) is 2.09. The quantitative estimate of drug-likeness (QED) is 0.725. The van der Waals surface area contributed by atoms with E-state index < -0.39 is 0 Å². The highest BCUT2D eigenvalue weighted by Crippen LogP contribution is 1.97. The molecule has 0 aliphatic rings. The fraction of sp³-hybridized carbons (Fsp3) is 0.500. The van der Waals surface area contributed by atoms with E-state index in [-0.39, 0.29) is 12.7 Å². The number of hydrogen-bond donors (Lipinski definition) is 2. The van der Waals surface area contributed by atoms with Crippen LogP contribution < -0.4 is 5.30 Å². The van der Waals surface area contributed by atoms with Gasteiger partial charge in [-0.1, -0.05) is 32.0 Å². The van der Waals surface area contributed by atoms with Crippen LogP contribution in [-0.4, -0.2) is 16.3 Å². The molecule has 1 aromatic rings. The molecule has 2 N–H and O–H groups in total. The summed E-state index contributed by atoms with van der Waals surface area (Å²) in [6.07, 6.45) is -0.167. The average Bonchev–Trinajstić information content (AvgIpc) is 2.20. The van der Waals surface area contributed by atoms with Crippen molar-refractivity contribution in [2.24, 2.45) is 0 Å². The molecule has 0 radical (unpaired) electrons. The smallest absolute Gasteiger partial charge is 0.0682 e. The van der Waals surface area contributed by atoms with Gasteiger partial charge in [0, 0.05) is 6.10 Å². The van der Waals surface area contributed by atoms with Crippen molar-refractivity contribution in [1.29, 1.82) is 0 Å². The van der Waals surface area contributed by atoms with Crippen molar-refractivity contribution in [2.75, 3.05) is 0 Å². The summed E-state index contributed by atoms with van der Waals surface area (Å²) >= 11 is 0. The zero-order valence-electron chi connectivity index (χ0n) is 10.1. The number of benzene rings is 1. The Hall–Kier alpha value is -0.430. The van der Waals surface area contributed by atoms with E-state index >= 15 is 0 Å². The molecule has 1 atom stereocenters. The number of rotatable bonds is 1. The largest absolute Gasteiger partial charge is 0.394 e. The van der Waals surface area contributed by atoms with Crippen LogP contribution in [0.2, 0.25) is 0 Å². The van der Waals surface area contributed by atoms with Crippen molar-refractivity contribution >= 4 is 14.5 Å². The summed E-state index contributed by atoms with van der Waals surface area (Å²) in [4.78, 5) is 0. The van der Waals surface area contributed by atoms with Crippen molar-refractivity contribution in [3.05, 3.63) is 29.8 Å². The van der Waals surface area contributed by atoms with Crippen LogP contribution in [0.1, 0.15) is 33.3 Å². The molecule has 0 heterocycles. The van der Waals surface area contributed by atoms with Gasteiger partial charge >= 0.3 is 0 Å². The van der Waals surface area contributed by atoms with Gasteiger partial charge in [-0.15, -0.1) is 9.24 Å². The fourth-order valence-corrected chi connectivity index (χ4v) is 1.02. The minimum Gasteiger partial charge on any atom is -0.394 e. The standard InChI is InChI=1S/C7H9OP.C3H8O.C2H6/c8-5-6-2-1-3-7(9)4-6;1-3(2)4;1-2/h1-4,8H,5,9H2;3-4H,1-2H3;1-2H3. The lowest BCUT2D eigenvalue weighted by Gasteiger charge is -1.94. The molecule has 15 heavy (non-hydrogen) atoms. The average molecular weight is 230 g/mol. The Morgan fingerprint density at radius 1 is 1.27 bits per heavy atom. The van der Waals surface area contributed by atoms with Gasteiger partial charge in [0.25, 0.3) is 0 Å². The first-order chi connectivity index (χ1) is 7.06. The Labute approximate surface area is 95.6 Å². The van der Waals surface area contributed by atoms with Crippen LogP contribution in [0.4, 0.5) is 0 Å². The van der Waals surface area contributed by atoms with Gasteiger partial charge in [-0.3, -0.25) is 0 Å². The second-order valence-corrected chi connectivity index (χ2v) is 3.66. The lowest BCUT2D eigenvalue weighted by Crippen LogP contribution is -1.91. The van der Waals surface area contributed by atoms with Crippen molar-refractivity contribution in [1.82, 2.24) is 0 Å². The maximum absolute atomic E-state index is 8.65. The maximum Gasteiger partial charge on any atom is 0.0682 e. The van der Waals surface area contributed by atoms with E-state index in [1.54, 1.807) is 13.8 Å². The molecular formula is C12H23O2P. The van der Waals surface area contributed by atoms with E-state index in [9.17, 15) is 0 Å². The minimum absolute atomic E-state index is 0.127. The van der Waals surface area contributed by atoms with Crippen molar-refractivity contribution in [2.45, 2.75) is 40.4 Å². The first-order valence-electron chi connectivity index (χ1n) is 5.19. The Bertz CT molecular complexity index is 234. The molecule has 2 nitrogen and oxygen atoms in total. The molecule has 3 heteroatoms. The lowest BCUT2D eigenvalue weighted by atomic mass is 10.2. The number of aliphatic hydroxyl groups is 2. The first kappa shape index (κ1) is 17.0. The van der Waals surface area contributed by atoms with Crippen molar-refractivity contribution < 1.29 is 10.2 Å². The summed E-state index contributed by atoms with van der Waals surface area (Å²) in [7, 11) is 2.58.